The molecule has 1 heterocycles. The number of halogens is 2. The van der Waals surface area contributed by atoms with Crippen molar-refractivity contribution in [3.63, 3.8) is 0 Å². The van der Waals surface area contributed by atoms with Crippen molar-refractivity contribution in [2.75, 3.05) is 5.32 Å². The molecule has 2 rings (SSSR count). The van der Waals surface area contributed by atoms with E-state index < -0.39 is 0 Å². The number of rotatable bonds is 2. The number of hydrogen-bond acceptors (Lipinski definition) is 2. The molecule has 0 spiro atoms. The standard InChI is InChI=1S/C13H13Br2N3O/c1-7-12(8(2)18(3)17-7)16-13(19)10-5-4-9(14)6-11(10)15/h4-6H,1-3H3,(H,16,19). The summed E-state index contributed by atoms with van der Waals surface area (Å²) in [5.74, 6) is -0.154. The van der Waals surface area contributed by atoms with Crippen LogP contribution in [0.25, 0.3) is 0 Å². The maximum absolute atomic E-state index is 12.3. The van der Waals surface area contributed by atoms with Crippen molar-refractivity contribution >= 4 is 43.5 Å². The van der Waals surface area contributed by atoms with E-state index >= 15 is 0 Å². The Labute approximate surface area is 128 Å². The van der Waals surface area contributed by atoms with Gasteiger partial charge in [0.15, 0.2) is 0 Å². The Bertz CT molecular complexity index is 650. The minimum absolute atomic E-state index is 0.154. The third kappa shape index (κ3) is 2.90. The van der Waals surface area contributed by atoms with E-state index in [1.165, 1.54) is 0 Å². The summed E-state index contributed by atoms with van der Waals surface area (Å²) in [4.78, 5) is 12.3. The van der Waals surface area contributed by atoms with Gasteiger partial charge in [-0.1, -0.05) is 15.9 Å². The topological polar surface area (TPSA) is 46.9 Å². The molecule has 0 saturated heterocycles. The number of nitrogens with one attached hydrogen (secondary N) is 1. The van der Waals surface area contributed by atoms with Gasteiger partial charge in [0.25, 0.3) is 5.91 Å². The minimum Gasteiger partial charge on any atom is -0.319 e. The number of aromatic nitrogens is 2. The molecule has 6 heteroatoms. The molecule has 0 bridgehead atoms. The van der Waals surface area contributed by atoms with Gasteiger partial charge < -0.3 is 5.32 Å². The summed E-state index contributed by atoms with van der Waals surface area (Å²) in [6, 6.07) is 5.45. The molecule has 1 N–H and O–H groups in total. The van der Waals surface area contributed by atoms with Gasteiger partial charge in [-0.25, -0.2) is 0 Å². The fraction of sp³-hybridized carbons (Fsp3) is 0.231. The first-order chi connectivity index (χ1) is 8.90. The molecule has 0 radical (unpaired) electrons. The molecule has 0 saturated carbocycles. The molecule has 0 atom stereocenters. The summed E-state index contributed by atoms with van der Waals surface area (Å²) >= 11 is 6.76. The van der Waals surface area contributed by atoms with E-state index in [-0.39, 0.29) is 5.91 Å². The summed E-state index contributed by atoms with van der Waals surface area (Å²) in [5, 5.41) is 7.18. The van der Waals surface area contributed by atoms with Gasteiger partial charge in [0.2, 0.25) is 0 Å². The zero-order chi connectivity index (χ0) is 14.2. The highest BCUT2D eigenvalue weighted by molar-refractivity contribution is 9.11. The summed E-state index contributed by atoms with van der Waals surface area (Å²) in [6.45, 7) is 3.80. The average Bonchev–Trinajstić information content (AvgIpc) is 2.56. The van der Waals surface area contributed by atoms with E-state index in [0.717, 1.165) is 26.0 Å². The first kappa shape index (κ1) is 14.3. The highest BCUT2D eigenvalue weighted by atomic mass is 79.9. The van der Waals surface area contributed by atoms with Crippen LogP contribution in [0.5, 0.6) is 0 Å². The molecular formula is C13H13Br2N3O. The van der Waals surface area contributed by atoms with Crippen molar-refractivity contribution in [2.45, 2.75) is 13.8 Å². The molecule has 1 aromatic heterocycles. The van der Waals surface area contributed by atoms with E-state index in [0.29, 0.717) is 5.56 Å². The normalized spacial score (nSPS) is 10.6. The van der Waals surface area contributed by atoms with Crippen molar-refractivity contribution in [1.29, 1.82) is 0 Å². The van der Waals surface area contributed by atoms with Crippen LogP contribution < -0.4 is 5.32 Å². The number of nitrogens with zero attached hydrogens (tertiary/aromatic N) is 2. The van der Waals surface area contributed by atoms with Crippen LogP contribution >= 0.6 is 31.9 Å². The van der Waals surface area contributed by atoms with Crippen LogP contribution in [0, 0.1) is 13.8 Å². The van der Waals surface area contributed by atoms with Crippen molar-refractivity contribution in [3.05, 3.63) is 44.1 Å². The lowest BCUT2D eigenvalue weighted by Gasteiger charge is -2.07. The highest BCUT2D eigenvalue weighted by Crippen LogP contribution is 2.24. The molecular weight excluding hydrogens is 374 g/mol. The smallest absolute Gasteiger partial charge is 0.256 e. The predicted octanol–water partition coefficient (Wildman–Crippen LogP) is 3.81. The maximum Gasteiger partial charge on any atom is 0.256 e. The van der Waals surface area contributed by atoms with Crippen LogP contribution in [0.4, 0.5) is 5.69 Å². The van der Waals surface area contributed by atoms with Crippen molar-refractivity contribution in [2.24, 2.45) is 7.05 Å². The number of aryl methyl sites for hydroxylation is 2. The molecule has 0 aliphatic carbocycles. The van der Waals surface area contributed by atoms with Crippen molar-refractivity contribution in [1.82, 2.24) is 9.78 Å². The largest absolute Gasteiger partial charge is 0.319 e. The molecule has 0 fully saturated rings. The molecule has 100 valence electrons. The Balaban J connectivity index is 2.31. The molecule has 4 nitrogen and oxygen atoms in total. The molecule has 0 unspecified atom stereocenters. The highest BCUT2D eigenvalue weighted by Gasteiger charge is 2.15. The van der Waals surface area contributed by atoms with E-state index in [9.17, 15) is 4.79 Å². The van der Waals surface area contributed by atoms with Crippen LogP contribution in [0.15, 0.2) is 27.1 Å². The van der Waals surface area contributed by atoms with E-state index in [1.54, 1.807) is 10.7 Å². The van der Waals surface area contributed by atoms with E-state index in [4.69, 9.17) is 0 Å². The molecule has 2 aromatic rings. The number of anilines is 1. The second-order valence-electron chi connectivity index (χ2n) is 4.25. The van der Waals surface area contributed by atoms with E-state index in [1.807, 2.05) is 33.0 Å². The number of amides is 1. The lowest BCUT2D eigenvalue weighted by molar-refractivity contribution is 0.102. The second kappa shape index (κ2) is 5.46. The Morgan fingerprint density at radius 1 is 1.32 bits per heavy atom. The first-order valence-corrected chi connectivity index (χ1v) is 7.25. The van der Waals surface area contributed by atoms with Gasteiger partial charge in [-0.05, 0) is 48.0 Å². The van der Waals surface area contributed by atoms with Crippen LogP contribution in [0.3, 0.4) is 0 Å². The lowest BCUT2D eigenvalue weighted by atomic mass is 10.2. The second-order valence-corrected chi connectivity index (χ2v) is 6.02. The van der Waals surface area contributed by atoms with Gasteiger partial charge in [0.05, 0.1) is 22.6 Å². The van der Waals surface area contributed by atoms with Crippen LogP contribution in [-0.4, -0.2) is 15.7 Å². The molecule has 0 aliphatic rings. The lowest BCUT2D eigenvalue weighted by Crippen LogP contribution is -2.13. The van der Waals surface area contributed by atoms with Gasteiger partial charge in [0, 0.05) is 16.0 Å². The summed E-state index contributed by atoms with van der Waals surface area (Å²) in [5.41, 5.74) is 3.09. The van der Waals surface area contributed by atoms with Gasteiger partial charge in [0.1, 0.15) is 0 Å². The number of hydrogen-bond donors (Lipinski definition) is 1. The van der Waals surface area contributed by atoms with Crippen molar-refractivity contribution < 1.29 is 4.79 Å². The zero-order valence-electron chi connectivity index (χ0n) is 10.8. The summed E-state index contributed by atoms with van der Waals surface area (Å²) in [7, 11) is 1.85. The summed E-state index contributed by atoms with van der Waals surface area (Å²) < 4.78 is 3.42. The monoisotopic (exact) mass is 385 g/mol. The average molecular weight is 387 g/mol. The summed E-state index contributed by atoms with van der Waals surface area (Å²) in [6.07, 6.45) is 0. The van der Waals surface area contributed by atoms with E-state index in [2.05, 4.69) is 42.3 Å². The molecule has 1 amide bonds. The quantitative estimate of drug-likeness (QED) is 0.852. The third-order valence-corrected chi connectivity index (χ3v) is 4.07. The fourth-order valence-corrected chi connectivity index (χ4v) is 3.04. The first-order valence-electron chi connectivity index (χ1n) is 5.66. The van der Waals surface area contributed by atoms with Crippen LogP contribution in [0.2, 0.25) is 0 Å². The zero-order valence-corrected chi connectivity index (χ0v) is 14.0. The van der Waals surface area contributed by atoms with Gasteiger partial charge >= 0.3 is 0 Å². The Hall–Kier alpha value is -1.14. The number of benzene rings is 1. The Morgan fingerprint density at radius 2 is 2.00 bits per heavy atom. The number of carbonyl (C=O) groups excluding carboxylic acids is 1. The molecule has 1 aromatic carbocycles. The minimum atomic E-state index is -0.154. The third-order valence-electron chi connectivity index (χ3n) is 2.92. The predicted molar refractivity (Wildman–Crippen MR) is 82.5 cm³/mol. The maximum atomic E-state index is 12.3. The molecule has 19 heavy (non-hydrogen) atoms. The van der Waals surface area contributed by atoms with Crippen LogP contribution in [-0.2, 0) is 7.05 Å². The SMILES string of the molecule is Cc1nn(C)c(C)c1NC(=O)c1ccc(Br)cc1Br. The molecule has 0 aliphatic heterocycles. The van der Waals surface area contributed by atoms with Crippen LogP contribution in [0.1, 0.15) is 21.7 Å². The Morgan fingerprint density at radius 3 is 2.53 bits per heavy atom. The van der Waals surface area contributed by atoms with Gasteiger partial charge in [-0.15, -0.1) is 0 Å². The number of carbonyl (C=O) groups is 1. The fourth-order valence-electron chi connectivity index (χ4n) is 1.81. The van der Waals surface area contributed by atoms with Crippen molar-refractivity contribution in [3.8, 4) is 0 Å². The van der Waals surface area contributed by atoms with Gasteiger partial charge in [-0.2, -0.15) is 5.10 Å². The van der Waals surface area contributed by atoms with Gasteiger partial charge in [-0.3, -0.25) is 9.48 Å². The Kier molecular flexibility index (Phi) is 4.10.